The number of halogens is 2. The summed E-state index contributed by atoms with van der Waals surface area (Å²) >= 11 is 5.59. The van der Waals surface area contributed by atoms with Gasteiger partial charge in [0, 0.05) is 5.69 Å². The van der Waals surface area contributed by atoms with Gasteiger partial charge in [0.1, 0.15) is 12.4 Å². The minimum atomic E-state index is -0.518. The van der Waals surface area contributed by atoms with Crippen molar-refractivity contribution >= 4 is 23.2 Å². The third-order valence-corrected chi connectivity index (χ3v) is 2.13. The van der Waals surface area contributed by atoms with Crippen molar-refractivity contribution in [2.24, 2.45) is 0 Å². The Bertz CT molecular complexity index is 415. The van der Waals surface area contributed by atoms with Gasteiger partial charge in [-0.15, -0.1) is 0 Å². The maximum atomic E-state index is 12.9. The van der Waals surface area contributed by atoms with Crippen molar-refractivity contribution in [3.8, 4) is 0 Å². The van der Waals surface area contributed by atoms with E-state index in [-0.39, 0.29) is 23.1 Å². The molecule has 0 aliphatic rings. The van der Waals surface area contributed by atoms with Crippen LogP contribution in [0, 0.1) is 5.82 Å². The molecule has 0 spiro atoms. The Labute approximate surface area is 105 Å². The van der Waals surface area contributed by atoms with Crippen LogP contribution in [0.15, 0.2) is 18.2 Å². The molecule has 0 unspecified atom stereocenters. The summed E-state index contributed by atoms with van der Waals surface area (Å²) in [6, 6.07) is 3.99. The summed E-state index contributed by atoms with van der Waals surface area (Å²) in [6.45, 7) is 5.51. The molecule has 0 heterocycles. The van der Waals surface area contributed by atoms with Crippen molar-refractivity contribution in [2.75, 3.05) is 11.9 Å². The first-order valence-corrected chi connectivity index (χ1v) is 5.54. The van der Waals surface area contributed by atoms with Gasteiger partial charge in [-0.3, -0.25) is 4.79 Å². The molecule has 1 amide bonds. The second kappa shape index (κ2) is 5.47. The average molecular weight is 260 g/mol. The highest BCUT2D eigenvalue weighted by Gasteiger charge is 2.13. The molecule has 0 fully saturated rings. The van der Waals surface area contributed by atoms with Crippen LogP contribution in [0.25, 0.3) is 0 Å². The molecule has 0 aliphatic heterocycles. The lowest BCUT2D eigenvalue weighted by Crippen LogP contribution is -2.27. The van der Waals surface area contributed by atoms with Crippen molar-refractivity contribution in [1.82, 2.24) is 0 Å². The van der Waals surface area contributed by atoms with E-state index >= 15 is 0 Å². The van der Waals surface area contributed by atoms with E-state index in [1.54, 1.807) is 0 Å². The lowest BCUT2D eigenvalue weighted by Gasteiger charge is -2.19. The van der Waals surface area contributed by atoms with E-state index in [0.717, 1.165) is 0 Å². The lowest BCUT2D eigenvalue weighted by molar-refractivity contribution is -0.125. The maximum Gasteiger partial charge on any atom is 0.250 e. The van der Waals surface area contributed by atoms with Crippen LogP contribution in [0.2, 0.25) is 5.02 Å². The highest BCUT2D eigenvalue weighted by atomic mass is 35.5. The average Bonchev–Trinajstić information content (AvgIpc) is 2.20. The first kappa shape index (κ1) is 13.9. The van der Waals surface area contributed by atoms with Crippen LogP contribution in [0.4, 0.5) is 10.1 Å². The highest BCUT2D eigenvalue weighted by molar-refractivity contribution is 6.31. The smallest absolute Gasteiger partial charge is 0.250 e. The minimum absolute atomic E-state index is 0.0282. The maximum absolute atomic E-state index is 12.9. The van der Waals surface area contributed by atoms with E-state index in [1.165, 1.54) is 18.2 Å². The molecule has 0 aliphatic carbocycles. The summed E-state index contributed by atoms with van der Waals surface area (Å²) in [5, 5.41) is 2.54. The Morgan fingerprint density at radius 3 is 2.65 bits per heavy atom. The SMILES string of the molecule is CC(C)(C)OCC(=O)Nc1ccc(F)c(Cl)c1. The predicted octanol–water partition coefficient (Wildman–Crippen LogP) is 3.23. The molecule has 1 aromatic rings. The summed E-state index contributed by atoms with van der Waals surface area (Å²) in [5.74, 6) is -0.821. The van der Waals surface area contributed by atoms with Gasteiger partial charge in [-0.1, -0.05) is 11.6 Å². The van der Waals surface area contributed by atoms with Crippen molar-refractivity contribution in [3.05, 3.63) is 29.0 Å². The lowest BCUT2D eigenvalue weighted by atomic mass is 10.2. The molecule has 0 aromatic heterocycles. The summed E-state index contributed by atoms with van der Waals surface area (Å²) < 4.78 is 18.2. The minimum Gasteiger partial charge on any atom is -0.366 e. The first-order chi connectivity index (χ1) is 7.78. The second-order valence-electron chi connectivity index (χ2n) is 4.58. The number of rotatable bonds is 3. The van der Waals surface area contributed by atoms with Crippen LogP contribution >= 0.6 is 11.6 Å². The molecule has 0 atom stereocenters. The van der Waals surface area contributed by atoms with Crippen molar-refractivity contribution in [1.29, 1.82) is 0 Å². The molecule has 17 heavy (non-hydrogen) atoms. The summed E-state index contributed by atoms with van der Waals surface area (Å²) in [7, 11) is 0. The van der Waals surface area contributed by atoms with Crippen LogP contribution in [-0.4, -0.2) is 18.1 Å². The molecular weight excluding hydrogens is 245 g/mol. The van der Waals surface area contributed by atoms with Gasteiger partial charge in [-0.25, -0.2) is 4.39 Å². The van der Waals surface area contributed by atoms with Crippen molar-refractivity contribution in [2.45, 2.75) is 26.4 Å². The molecule has 0 radical (unpaired) electrons. The van der Waals surface area contributed by atoms with Crippen LogP contribution in [-0.2, 0) is 9.53 Å². The summed E-state index contributed by atoms with van der Waals surface area (Å²) in [6.07, 6.45) is 0. The number of ether oxygens (including phenoxy) is 1. The van der Waals surface area contributed by atoms with Gasteiger partial charge in [0.25, 0.3) is 0 Å². The van der Waals surface area contributed by atoms with Gasteiger partial charge in [-0.05, 0) is 39.0 Å². The fourth-order valence-electron chi connectivity index (χ4n) is 1.05. The van der Waals surface area contributed by atoms with Crippen molar-refractivity contribution < 1.29 is 13.9 Å². The number of anilines is 1. The van der Waals surface area contributed by atoms with Gasteiger partial charge in [0.15, 0.2) is 0 Å². The molecule has 0 bridgehead atoms. The van der Waals surface area contributed by atoms with Crippen LogP contribution in [0.5, 0.6) is 0 Å². The number of nitrogens with one attached hydrogen (secondary N) is 1. The zero-order chi connectivity index (χ0) is 13.1. The Morgan fingerprint density at radius 2 is 2.12 bits per heavy atom. The zero-order valence-electron chi connectivity index (χ0n) is 10.0. The van der Waals surface area contributed by atoms with E-state index in [2.05, 4.69) is 5.32 Å². The quantitative estimate of drug-likeness (QED) is 0.905. The van der Waals surface area contributed by atoms with Gasteiger partial charge < -0.3 is 10.1 Å². The third kappa shape index (κ3) is 5.15. The monoisotopic (exact) mass is 259 g/mol. The van der Waals surface area contributed by atoms with Gasteiger partial charge in [0.05, 0.1) is 10.6 Å². The highest BCUT2D eigenvalue weighted by Crippen LogP contribution is 2.19. The Morgan fingerprint density at radius 1 is 1.47 bits per heavy atom. The molecule has 3 nitrogen and oxygen atoms in total. The number of carbonyl (C=O) groups is 1. The summed E-state index contributed by atoms with van der Waals surface area (Å²) in [4.78, 5) is 11.5. The number of benzene rings is 1. The van der Waals surface area contributed by atoms with Gasteiger partial charge in [-0.2, -0.15) is 0 Å². The van der Waals surface area contributed by atoms with E-state index in [1.807, 2.05) is 20.8 Å². The Kier molecular flexibility index (Phi) is 4.48. The Balaban J connectivity index is 2.54. The number of hydrogen-bond donors (Lipinski definition) is 1. The van der Waals surface area contributed by atoms with Gasteiger partial charge >= 0.3 is 0 Å². The Hall–Kier alpha value is -1.13. The standard InChI is InChI=1S/C12H15ClFNO2/c1-12(2,3)17-7-11(16)15-8-4-5-10(14)9(13)6-8/h4-6H,7H2,1-3H3,(H,15,16). The fraction of sp³-hybridized carbons (Fsp3) is 0.417. The van der Waals surface area contributed by atoms with E-state index < -0.39 is 5.82 Å². The number of carbonyl (C=O) groups excluding carboxylic acids is 1. The normalized spacial score (nSPS) is 11.4. The van der Waals surface area contributed by atoms with Crippen LogP contribution in [0.3, 0.4) is 0 Å². The molecule has 5 heteroatoms. The number of hydrogen-bond acceptors (Lipinski definition) is 2. The van der Waals surface area contributed by atoms with Crippen LogP contribution in [0.1, 0.15) is 20.8 Å². The van der Waals surface area contributed by atoms with E-state index in [0.29, 0.717) is 5.69 Å². The van der Waals surface area contributed by atoms with Gasteiger partial charge in [0.2, 0.25) is 5.91 Å². The predicted molar refractivity (Wildman–Crippen MR) is 65.7 cm³/mol. The fourth-order valence-corrected chi connectivity index (χ4v) is 1.23. The number of amides is 1. The third-order valence-electron chi connectivity index (χ3n) is 1.84. The topological polar surface area (TPSA) is 38.3 Å². The van der Waals surface area contributed by atoms with Crippen molar-refractivity contribution in [3.63, 3.8) is 0 Å². The first-order valence-electron chi connectivity index (χ1n) is 5.17. The molecule has 1 rings (SSSR count). The zero-order valence-corrected chi connectivity index (χ0v) is 10.8. The summed E-state index contributed by atoms with van der Waals surface area (Å²) in [5.41, 5.74) is 0.0662. The molecule has 0 saturated heterocycles. The molecular formula is C12H15ClFNO2. The molecule has 94 valence electrons. The van der Waals surface area contributed by atoms with Crippen LogP contribution < -0.4 is 5.32 Å². The van der Waals surface area contributed by atoms with E-state index in [9.17, 15) is 9.18 Å². The molecule has 1 aromatic carbocycles. The molecule has 1 N–H and O–H groups in total. The largest absolute Gasteiger partial charge is 0.366 e. The molecule has 0 saturated carbocycles. The second-order valence-corrected chi connectivity index (χ2v) is 4.99. The van der Waals surface area contributed by atoms with E-state index in [4.69, 9.17) is 16.3 Å².